The first-order valence-corrected chi connectivity index (χ1v) is 14.3. The molecule has 1 aliphatic carbocycles. The monoisotopic (exact) mass is 581 g/mol. The maximum Gasteiger partial charge on any atom is 0.303 e. The summed E-state index contributed by atoms with van der Waals surface area (Å²) in [4.78, 5) is 9.19. The zero-order chi connectivity index (χ0) is 29.8. The molecule has 2 N–H and O–H groups in total. The van der Waals surface area contributed by atoms with Crippen LogP contribution in [0.25, 0.3) is 10.9 Å². The molecule has 1 saturated carbocycles. The van der Waals surface area contributed by atoms with E-state index >= 15 is 4.39 Å². The fourth-order valence-electron chi connectivity index (χ4n) is 5.72. The molecule has 2 aromatic carbocycles. The second kappa shape index (κ2) is 10.7. The van der Waals surface area contributed by atoms with Gasteiger partial charge in [-0.2, -0.15) is 8.78 Å². The summed E-state index contributed by atoms with van der Waals surface area (Å²) in [6, 6.07) is 6.75. The summed E-state index contributed by atoms with van der Waals surface area (Å²) in [5.74, 6) is 4.61. The van der Waals surface area contributed by atoms with Gasteiger partial charge in [-0.05, 0) is 45.9 Å². The Bertz CT molecular complexity index is 1560. The zero-order valence-corrected chi connectivity index (χ0v) is 24.0. The number of nitrogens with zero attached hydrogens (tertiary/aromatic N) is 2. The molecule has 10 heteroatoms. The van der Waals surface area contributed by atoms with E-state index in [0.29, 0.717) is 64.8 Å². The molecule has 3 aliphatic rings. The van der Waals surface area contributed by atoms with Crippen LogP contribution in [0.5, 0.6) is 5.75 Å². The Morgan fingerprint density at radius 3 is 2.57 bits per heavy atom. The lowest BCUT2D eigenvalue weighted by Crippen LogP contribution is -2.41. The Balaban J connectivity index is 1.36. The van der Waals surface area contributed by atoms with Crippen molar-refractivity contribution in [1.82, 2.24) is 9.97 Å². The van der Waals surface area contributed by atoms with Crippen molar-refractivity contribution in [3.63, 3.8) is 0 Å². The van der Waals surface area contributed by atoms with Crippen LogP contribution in [0.15, 0.2) is 30.3 Å². The van der Waals surface area contributed by atoms with E-state index in [2.05, 4.69) is 27.1 Å². The van der Waals surface area contributed by atoms with Crippen LogP contribution < -0.4 is 10.1 Å². The Kier molecular flexibility index (Phi) is 7.32. The van der Waals surface area contributed by atoms with Crippen molar-refractivity contribution in [3.05, 3.63) is 58.7 Å². The van der Waals surface area contributed by atoms with E-state index in [4.69, 9.17) is 14.2 Å². The van der Waals surface area contributed by atoms with Crippen molar-refractivity contribution in [2.75, 3.05) is 31.7 Å². The molecule has 6 rings (SSSR count). The van der Waals surface area contributed by atoms with Crippen LogP contribution >= 0.6 is 0 Å². The number of alkyl halides is 2. The van der Waals surface area contributed by atoms with Gasteiger partial charge in [0.1, 0.15) is 34.9 Å². The SMILES string of the molecule is Cc1nc(N[C@H](C)c2cccc(C(F)(F)C(C)(C)O)c2F)c2cc(O[C@H]3CCOC3)c(C#CC3[C@H]4COC[C@@H]34)cc2n1. The number of halogens is 3. The van der Waals surface area contributed by atoms with E-state index < -0.39 is 28.9 Å². The van der Waals surface area contributed by atoms with Gasteiger partial charge in [0, 0.05) is 35.1 Å². The average molecular weight is 582 g/mol. The van der Waals surface area contributed by atoms with Gasteiger partial charge < -0.3 is 24.6 Å². The highest BCUT2D eigenvalue weighted by Crippen LogP contribution is 2.50. The summed E-state index contributed by atoms with van der Waals surface area (Å²) in [5.41, 5.74) is -1.96. The summed E-state index contributed by atoms with van der Waals surface area (Å²) in [7, 11) is 0. The highest BCUT2D eigenvalue weighted by atomic mass is 19.3. The van der Waals surface area contributed by atoms with Crippen LogP contribution in [0.4, 0.5) is 19.0 Å². The Morgan fingerprint density at radius 2 is 1.88 bits per heavy atom. The van der Waals surface area contributed by atoms with Gasteiger partial charge in [-0.15, -0.1) is 0 Å². The molecule has 7 nitrogen and oxygen atoms in total. The number of aromatic nitrogens is 2. The predicted molar refractivity (Wildman–Crippen MR) is 151 cm³/mol. The Labute approximate surface area is 242 Å². The summed E-state index contributed by atoms with van der Waals surface area (Å²) in [6.45, 7) is 7.93. The topological polar surface area (TPSA) is 85.7 Å². The van der Waals surface area contributed by atoms with Crippen molar-refractivity contribution in [2.45, 2.75) is 57.8 Å². The minimum atomic E-state index is -3.80. The van der Waals surface area contributed by atoms with Crippen molar-refractivity contribution in [2.24, 2.45) is 17.8 Å². The molecule has 5 atom stereocenters. The quantitative estimate of drug-likeness (QED) is 0.355. The van der Waals surface area contributed by atoms with Crippen LogP contribution in [0.3, 0.4) is 0 Å². The Morgan fingerprint density at radius 1 is 1.12 bits per heavy atom. The van der Waals surface area contributed by atoms with E-state index in [1.807, 2.05) is 12.1 Å². The van der Waals surface area contributed by atoms with Crippen LogP contribution in [0.2, 0.25) is 0 Å². The van der Waals surface area contributed by atoms with Crippen LogP contribution in [-0.2, 0) is 15.4 Å². The van der Waals surface area contributed by atoms with E-state index in [1.54, 1.807) is 13.8 Å². The van der Waals surface area contributed by atoms with Crippen LogP contribution in [-0.4, -0.2) is 53.2 Å². The summed E-state index contributed by atoms with van der Waals surface area (Å²) in [6.07, 6.45) is 0.639. The van der Waals surface area contributed by atoms with Gasteiger partial charge in [-0.3, -0.25) is 0 Å². The normalized spacial score (nSPS) is 24.2. The molecule has 2 saturated heterocycles. The molecule has 3 fully saturated rings. The number of aliphatic hydroxyl groups is 1. The second-order valence-corrected chi connectivity index (χ2v) is 12.0. The molecule has 0 bridgehead atoms. The number of nitrogens with one attached hydrogen (secondary N) is 1. The van der Waals surface area contributed by atoms with Gasteiger partial charge in [0.15, 0.2) is 0 Å². The van der Waals surface area contributed by atoms with Crippen LogP contribution in [0, 0.1) is 42.3 Å². The highest BCUT2D eigenvalue weighted by Gasteiger charge is 2.53. The summed E-state index contributed by atoms with van der Waals surface area (Å²) >= 11 is 0. The molecule has 0 radical (unpaired) electrons. The molecular weight excluding hydrogens is 547 g/mol. The number of rotatable bonds is 7. The Hall–Kier alpha value is -3.39. The molecule has 1 aromatic heterocycles. The van der Waals surface area contributed by atoms with Gasteiger partial charge in [-0.1, -0.05) is 24.0 Å². The van der Waals surface area contributed by atoms with E-state index in [0.717, 1.165) is 39.5 Å². The van der Waals surface area contributed by atoms with Gasteiger partial charge in [0.05, 0.1) is 49.1 Å². The number of ether oxygens (including phenoxy) is 3. The standard InChI is InChI=1S/C32H34F3N3O4/c1-17(21-6-5-7-26(29(21)33)32(34,35)31(3,4)39)36-30-23-13-28(42-20-10-11-40-14-20)19(12-27(23)37-18(2)38-30)8-9-22-24-15-41-16-25(22)24/h5-7,12-13,17,20,22,24-25,39H,10-11,14-16H2,1-4H3,(H,36,37,38)/t17-,20+,22?,24-,25+/m1/s1. The van der Waals surface area contributed by atoms with Gasteiger partial charge in [0.25, 0.3) is 0 Å². The first-order chi connectivity index (χ1) is 19.9. The van der Waals surface area contributed by atoms with E-state index in [1.165, 1.54) is 12.1 Å². The molecular formula is C32H34F3N3O4. The molecule has 0 spiro atoms. The molecule has 1 unspecified atom stereocenters. The van der Waals surface area contributed by atoms with Gasteiger partial charge in [0.2, 0.25) is 0 Å². The average Bonchev–Trinajstić information content (AvgIpc) is 3.29. The third-order valence-electron chi connectivity index (χ3n) is 8.37. The number of fused-ring (bicyclic) bond motifs is 2. The lowest BCUT2D eigenvalue weighted by molar-refractivity contribution is -0.170. The second-order valence-electron chi connectivity index (χ2n) is 12.0. The smallest absolute Gasteiger partial charge is 0.303 e. The first kappa shape index (κ1) is 28.7. The largest absolute Gasteiger partial charge is 0.487 e. The fraction of sp³-hybridized carbons (Fsp3) is 0.500. The van der Waals surface area contributed by atoms with Crippen molar-refractivity contribution in [1.29, 1.82) is 0 Å². The maximum absolute atomic E-state index is 15.5. The highest BCUT2D eigenvalue weighted by molar-refractivity contribution is 5.92. The first-order valence-electron chi connectivity index (χ1n) is 14.3. The molecule has 3 aromatic rings. The minimum Gasteiger partial charge on any atom is -0.487 e. The third-order valence-corrected chi connectivity index (χ3v) is 8.37. The van der Waals surface area contributed by atoms with Crippen molar-refractivity contribution in [3.8, 4) is 17.6 Å². The summed E-state index contributed by atoms with van der Waals surface area (Å²) < 4.78 is 62.7. The molecule has 222 valence electrons. The van der Waals surface area contributed by atoms with Crippen molar-refractivity contribution >= 4 is 16.7 Å². The fourth-order valence-corrected chi connectivity index (χ4v) is 5.72. The molecule has 42 heavy (non-hydrogen) atoms. The van der Waals surface area contributed by atoms with Gasteiger partial charge in [-0.25, -0.2) is 14.4 Å². The van der Waals surface area contributed by atoms with Crippen molar-refractivity contribution < 1.29 is 32.5 Å². The minimum absolute atomic E-state index is 0.0156. The zero-order valence-electron chi connectivity index (χ0n) is 24.0. The maximum atomic E-state index is 15.5. The molecule has 3 heterocycles. The summed E-state index contributed by atoms with van der Waals surface area (Å²) in [5, 5.41) is 13.8. The van der Waals surface area contributed by atoms with E-state index in [9.17, 15) is 13.9 Å². The number of hydrogen-bond donors (Lipinski definition) is 2. The molecule has 2 aliphatic heterocycles. The molecule has 0 amide bonds. The number of anilines is 1. The number of aryl methyl sites for hydroxylation is 1. The predicted octanol–water partition coefficient (Wildman–Crippen LogP) is 5.52. The number of benzene rings is 2. The van der Waals surface area contributed by atoms with Gasteiger partial charge >= 0.3 is 5.92 Å². The number of hydrogen-bond acceptors (Lipinski definition) is 7. The van der Waals surface area contributed by atoms with Crippen LogP contribution in [0.1, 0.15) is 55.7 Å². The third kappa shape index (κ3) is 5.30. The van der Waals surface area contributed by atoms with E-state index in [-0.39, 0.29) is 11.7 Å². The lowest BCUT2D eigenvalue weighted by atomic mass is 9.91. The lowest BCUT2D eigenvalue weighted by Gasteiger charge is -2.30.